The number of ether oxygens (including phenoxy) is 1. The van der Waals surface area contributed by atoms with Crippen molar-refractivity contribution in [3.63, 3.8) is 0 Å². The fraction of sp³-hybridized carbons (Fsp3) is 0.533. The van der Waals surface area contributed by atoms with Crippen molar-refractivity contribution in [3.05, 3.63) is 29.3 Å². The third-order valence-corrected chi connectivity index (χ3v) is 3.44. The van der Waals surface area contributed by atoms with E-state index in [-0.39, 0.29) is 11.8 Å². The predicted octanol–water partition coefficient (Wildman–Crippen LogP) is 1.27. The Kier molecular flexibility index (Phi) is 4.80. The number of carbonyl (C=O) groups excluding carboxylic acids is 1. The summed E-state index contributed by atoms with van der Waals surface area (Å²) in [5.74, 6) is 0.886. The molecule has 1 atom stereocenters. The molecule has 1 amide bonds. The minimum absolute atomic E-state index is 0.0566. The fourth-order valence-electron chi connectivity index (χ4n) is 2.33. The van der Waals surface area contributed by atoms with E-state index in [0.717, 1.165) is 30.8 Å². The van der Waals surface area contributed by atoms with Crippen molar-refractivity contribution in [3.8, 4) is 5.75 Å². The minimum Gasteiger partial charge on any atom is -0.493 e. The first-order chi connectivity index (χ1) is 9.24. The van der Waals surface area contributed by atoms with Gasteiger partial charge in [0.2, 0.25) is 5.91 Å². The number of hydrogen-bond donors (Lipinski definition) is 2. The molecule has 1 aliphatic rings. The molecule has 4 heteroatoms. The Bertz CT molecular complexity index is 446. The Hall–Kier alpha value is -1.55. The first-order valence-electron chi connectivity index (χ1n) is 6.97. The van der Waals surface area contributed by atoms with Crippen LogP contribution < -0.4 is 15.8 Å². The third kappa shape index (κ3) is 3.47. The molecule has 4 nitrogen and oxygen atoms in total. The maximum Gasteiger partial charge on any atom is 0.224 e. The summed E-state index contributed by atoms with van der Waals surface area (Å²) in [6.45, 7) is 3.89. The molecule has 0 bridgehead atoms. The molecule has 0 aromatic heterocycles. The Labute approximate surface area is 114 Å². The van der Waals surface area contributed by atoms with Crippen molar-refractivity contribution < 1.29 is 9.53 Å². The number of nitrogens with one attached hydrogen (secondary N) is 1. The maximum absolute atomic E-state index is 12.0. The second-order valence-electron chi connectivity index (χ2n) is 4.97. The summed E-state index contributed by atoms with van der Waals surface area (Å²) in [6.07, 6.45) is 2.59. The van der Waals surface area contributed by atoms with Gasteiger partial charge in [-0.15, -0.1) is 0 Å². The van der Waals surface area contributed by atoms with Crippen LogP contribution in [0.4, 0.5) is 0 Å². The minimum atomic E-state index is -0.146. The fourth-order valence-corrected chi connectivity index (χ4v) is 2.33. The lowest BCUT2D eigenvalue weighted by molar-refractivity contribution is -0.124. The van der Waals surface area contributed by atoms with Crippen molar-refractivity contribution in [1.29, 1.82) is 0 Å². The van der Waals surface area contributed by atoms with E-state index in [4.69, 9.17) is 10.5 Å². The number of hydrogen-bond acceptors (Lipinski definition) is 3. The molecule has 104 valence electrons. The van der Waals surface area contributed by atoms with Gasteiger partial charge in [-0.3, -0.25) is 4.79 Å². The summed E-state index contributed by atoms with van der Waals surface area (Å²) in [5.41, 5.74) is 8.12. The highest BCUT2D eigenvalue weighted by atomic mass is 16.5. The molecule has 2 rings (SSSR count). The zero-order chi connectivity index (χ0) is 13.7. The van der Waals surface area contributed by atoms with Crippen LogP contribution in [0.5, 0.6) is 5.75 Å². The third-order valence-electron chi connectivity index (χ3n) is 3.44. The normalized spacial score (nSPS) is 14.6. The second kappa shape index (κ2) is 6.57. The molecule has 0 fully saturated rings. The van der Waals surface area contributed by atoms with Crippen LogP contribution in [0.2, 0.25) is 0 Å². The number of rotatable bonds is 6. The van der Waals surface area contributed by atoms with E-state index in [2.05, 4.69) is 11.4 Å². The quantitative estimate of drug-likeness (QED) is 0.811. The monoisotopic (exact) mass is 262 g/mol. The van der Waals surface area contributed by atoms with Gasteiger partial charge in [0, 0.05) is 19.5 Å². The van der Waals surface area contributed by atoms with Crippen LogP contribution >= 0.6 is 0 Å². The lowest BCUT2D eigenvalue weighted by Crippen LogP contribution is -2.36. The van der Waals surface area contributed by atoms with Gasteiger partial charge in [0.15, 0.2) is 0 Å². The summed E-state index contributed by atoms with van der Waals surface area (Å²) in [7, 11) is 0. The first kappa shape index (κ1) is 13.9. The summed E-state index contributed by atoms with van der Waals surface area (Å²) in [5, 5.41) is 2.91. The zero-order valence-electron chi connectivity index (χ0n) is 11.4. The van der Waals surface area contributed by atoms with E-state index in [1.165, 1.54) is 5.56 Å². The van der Waals surface area contributed by atoms with E-state index in [1.807, 2.05) is 19.1 Å². The van der Waals surface area contributed by atoms with Crippen molar-refractivity contribution in [2.24, 2.45) is 11.7 Å². The molecule has 1 aliphatic heterocycles. The predicted molar refractivity (Wildman–Crippen MR) is 75.2 cm³/mol. The molecule has 0 saturated heterocycles. The highest BCUT2D eigenvalue weighted by Crippen LogP contribution is 2.26. The van der Waals surface area contributed by atoms with Gasteiger partial charge in [-0.25, -0.2) is 0 Å². The smallest absolute Gasteiger partial charge is 0.224 e. The molecule has 1 heterocycles. The molecule has 3 N–H and O–H groups in total. The van der Waals surface area contributed by atoms with Crippen LogP contribution in [-0.2, 0) is 17.6 Å². The largest absolute Gasteiger partial charge is 0.493 e. The van der Waals surface area contributed by atoms with Crippen LogP contribution in [0.3, 0.4) is 0 Å². The van der Waals surface area contributed by atoms with Crippen molar-refractivity contribution >= 4 is 5.91 Å². The van der Waals surface area contributed by atoms with Gasteiger partial charge < -0.3 is 15.8 Å². The molecule has 1 unspecified atom stereocenters. The standard InChI is InChI=1S/C15H22N2O2/c1-2-6-17-15(18)13(10-16)9-11-3-4-14-12(8-11)5-7-19-14/h3-4,8,13H,2,5-7,9-10,16H2,1H3,(H,17,18). The Morgan fingerprint density at radius 1 is 1.53 bits per heavy atom. The summed E-state index contributed by atoms with van der Waals surface area (Å²) in [4.78, 5) is 12.0. The molecular weight excluding hydrogens is 240 g/mol. The van der Waals surface area contributed by atoms with Gasteiger partial charge in [0.25, 0.3) is 0 Å². The van der Waals surface area contributed by atoms with Crippen LogP contribution in [0.25, 0.3) is 0 Å². The van der Waals surface area contributed by atoms with Crippen LogP contribution in [0, 0.1) is 5.92 Å². The molecule has 19 heavy (non-hydrogen) atoms. The highest BCUT2D eigenvalue weighted by molar-refractivity contribution is 5.79. The van der Waals surface area contributed by atoms with Crippen molar-refractivity contribution in [1.82, 2.24) is 5.32 Å². The SMILES string of the molecule is CCCNC(=O)C(CN)Cc1ccc2c(c1)CCO2. The summed E-state index contributed by atoms with van der Waals surface area (Å²) >= 11 is 0. The zero-order valence-corrected chi connectivity index (χ0v) is 11.4. The lowest BCUT2D eigenvalue weighted by atomic mass is 9.96. The van der Waals surface area contributed by atoms with Gasteiger partial charge in [0.05, 0.1) is 12.5 Å². The van der Waals surface area contributed by atoms with Crippen LogP contribution in [0.15, 0.2) is 18.2 Å². The number of amides is 1. The van der Waals surface area contributed by atoms with Gasteiger partial charge in [-0.2, -0.15) is 0 Å². The summed E-state index contributed by atoms with van der Waals surface area (Å²) in [6, 6.07) is 6.16. The van der Waals surface area contributed by atoms with Crippen molar-refractivity contribution in [2.75, 3.05) is 19.7 Å². The lowest BCUT2D eigenvalue weighted by Gasteiger charge is -2.15. The number of fused-ring (bicyclic) bond motifs is 1. The van der Waals surface area contributed by atoms with E-state index in [0.29, 0.717) is 19.5 Å². The average molecular weight is 262 g/mol. The summed E-state index contributed by atoms with van der Waals surface area (Å²) < 4.78 is 5.48. The van der Waals surface area contributed by atoms with Gasteiger partial charge in [0.1, 0.15) is 5.75 Å². The molecule has 0 aliphatic carbocycles. The van der Waals surface area contributed by atoms with Gasteiger partial charge >= 0.3 is 0 Å². The highest BCUT2D eigenvalue weighted by Gasteiger charge is 2.18. The Balaban J connectivity index is 2.00. The van der Waals surface area contributed by atoms with Crippen LogP contribution in [0.1, 0.15) is 24.5 Å². The molecule has 1 aromatic carbocycles. The topological polar surface area (TPSA) is 64.4 Å². The Morgan fingerprint density at radius 3 is 3.11 bits per heavy atom. The molecular formula is C15H22N2O2. The first-order valence-corrected chi connectivity index (χ1v) is 6.97. The second-order valence-corrected chi connectivity index (χ2v) is 4.97. The van der Waals surface area contributed by atoms with E-state index < -0.39 is 0 Å². The number of nitrogens with two attached hydrogens (primary N) is 1. The van der Waals surface area contributed by atoms with E-state index in [1.54, 1.807) is 0 Å². The molecule has 1 aromatic rings. The molecule has 0 spiro atoms. The van der Waals surface area contributed by atoms with E-state index in [9.17, 15) is 4.79 Å². The Morgan fingerprint density at radius 2 is 2.37 bits per heavy atom. The number of carbonyl (C=O) groups is 1. The maximum atomic E-state index is 12.0. The van der Waals surface area contributed by atoms with Crippen molar-refractivity contribution in [2.45, 2.75) is 26.2 Å². The molecule has 0 saturated carbocycles. The van der Waals surface area contributed by atoms with E-state index >= 15 is 0 Å². The van der Waals surface area contributed by atoms with Gasteiger partial charge in [-0.05, 0) is 30.0 Å². The number of benzene rings is 1. The average Bonchev–Trinajstić information content (AvgIpc) is 2.89. The van der Waals surface area contributed by atoms with Crippen LogP contribution in [-0.4, -0.2) is 25.6 Å². The molecule has 0 radical (unpaired) electrons. The van der Waals surface area contributed by atoms with Gasteiger partial charge in [-0.1, -0.05) is 19.1 Å².